The number of hydrogen-bond donors (Lipinski definition) is 2. The van der Waals surface area contributed by atoms with Gasteiger partial charge in [0.05, 0.1) is 12.8 Å². The first-order valence-corrected chi connectivity index (χ1v) is 8.30. The Kier molecular flexibility index (Phi) is 5.53. The predicted molar refractivity (Wildman–Crippen MR) is 98.3 cm³/mol. The normalized spacial score (nSPS) is 10.4. The SMILES string of the molecule is COc1ccccc1OCc1cc(C(=O)NCc2ccccc2C)n[nH]1. The van der Waals surface area contributed by atoms with Crippen LogP contribution in [0.2, 0.25) is 0 Å². The Morgan fingerprint density at radius 1 is 1.12 bits per heavy atom. The smallest absolute Gasteiger partial charge is 0.272 e. The second kappa shape index (κ2) is 8.20. The van der Waals surface area contributed by atoms with Crippen molar-refractivity contribution < 1.29 is 14.3 Å². The molecule has 3 rings (SSSR count). The maximum atomic E-state index is 12.3. The molecule has 0 radical (unpaired) electrons. The van der Waals surface area contributed by atoms with Crippen molar-refractivity contribution in [2.75, 3.05) is 7.11 Å². The fourth-order valence-electron chi connectivity index (χ4n) is 2.52. The van der Waals surface area contributed by atoms with Crippen LogP contribution in [0.4, 0.5) is 0 Å². The number of carbonyl (C=O) groups is 1. The summed E-state index contributed by atoms with van der Waals surface area (Å²) in [5.74, 6) is 1.06. The Morgan fingerprint density at radius 2 is 1.85 bits per heavy atom. The molecular weight excluding hydrogens is 330 g/mol. The van der Waals surface area contributed by atoms with Crippen LogP contribution in [0.5, 0.6) is 11.5 Å². The van der Waals surface area contributed by atoms with Crippen LogP contribution in [-0.4, -0.2) is 23.2 Å². The van der Waals surface area contributed by atoms with Gasteiger partial charge in [-0.15, -0.1) is 0 Å². The molecule has 26 heavy (non-hydrogen) atoms. The maximum absolute atomic E-state index is 12.3. The highest BCUT2D eigenvalue weighted by Gasteiger charge is 2.11. The van der Waals surface area contributed by atoms with Crippen LogP contribution < -0.4 is 14.8 Å². The summed E-state index contributed by atoms with van der Waals surface area (Å²) >= 11 is 0. The summed E-state index contributed by atoms with van der Waals surface area (Å²) in [5, 5.41) is 9.76. The van der Waals surface area contributed by atoms with E-state index in [0.29, 0.717) is 29.4 Å². The summed E-state index contributed by atoms with van der Waals surface area (Å²) in [5.41, 5.74) is 3.26. The molecule has 0 bridgehead atoms. The molecule has 6 nitrogen and oxygen atoms in total. The molecule has 6 heteroatoms. The zero-order valence-electron chi connectivity index (χ0n) is 14.8. The number of benzene rings is 2. The lowest BCUT2D eigenvalue weighted by Gasteiger charge is -2.08. The van der Waals surface area contributed by atoms with Gasteiger partial charge >= 0.3 is 0 Å². The number of carbonyl (C=O) groups excluding carboxylic acids is 1. The van der Waals surface area contributed by atoms with Crippen molar-refractivity contribution in [2.45, 2.75) is 20.1 Å². The highest BCUT2D eigenvalue weighted by atomic mass is 16.5. The molecule has 0 spiro atoms. The van der Waals surface area contributed by atoms with E-state index in [1.54, 1.807) is 13.2 Å². The summed E-state index contributed by atoms with van der Waals surface area (Å²) in [6, 6.07) is 17.0. The molecule has 2 N–H and O–H groups in total. The highest BCUT2D eigenvalue weighted by molar-refractivity contribution is 5.92. The molecule has 3 aromatic rings. The zero-order chi connectivity index (χ0) is 18.4. The van der Waals surface area contributed by atoms with Gasteiger partial charge in [-0.05, 0) is 36.2 Å². The van der Waals surface area contributed by atoms with Crippen LogP contribution in [-0.2, 0) is 13.2 Å². The Hall–Kier alpha value is -3.28. The van der Waals surface area contributed by atoms with Crippen LogP contribution in [0.3, 0.4) is 0 Å². The van der Waals surface area contributed by atoms with Crippen LogP contribution >= 0.6 is 0 Å². The summed E-state index contributed by atoms with van der Waals surface area (Å²) in [6.07, 6.45) is 0. The molecule has 0 aliphatic carbocycles. The van der Waals surface area contributed by atoms with Crippen molar-refractivity contribution in [2.24, 2.45) is 0 Å². The van der Waals surface area contributed by atoms with Gasteiger partial charge in [-0.25, -0.2) is 0 Å². The molecule has 1 amide bonds. The van der Waals surface area contributed by atoms with Gasteiger partial charge in [0.15, 0.2) is 11.5 Å². The van der Waals surface area contributed by atoms with Crippen molar-refractivity contribution in [3.63, 3.8) is 0 Å². The quantitative estimate of drug-likeness (QED) is 0.685. The zero-order valence-corrected chi connectivity index (χ0v) is 14.8. The Balaban J connectivity index is 1.57. The molecule has 134 valence electrons. The van der Waals surface area contributed by atoms with Crippen molar-refractivity contribution in [1.82, 2.24) is 15.5 Å². The van der Waals surface area contributed by atoms with E-state index in [1.165, 1.54) is 0 Å². The fourth-order valence-corrected chi connectivity index (χ4v) is 2.52. The topological polar surface area (TPSA) is 76.2 Å². The Morgan fingerprint density at radius 3 is 2.62 bits per heavy atom. The minimum Gasteiger partial charge on any atom is -0.493 e. The fraction of sp³-hybridized carbons (Fsp3) is 0.200. The van der Waals surface area contributed by atoms with E-state index in [-0.39, 0.29) is 12.5 Å². The molecule has 0 saturated carbocycles. The molecule has 0 saturated heterocycles. The Labute approximate surface area is 152 Å². The number of ether oxygens (including phenoxy) is 2. The largest absolute Gasteiger partial charge is 0.493 e. The number of nitrogens with one attached hydrogen (secondary N) is 2. The average Bonchev–Trinajstić information content (AvgIpc) is 3.15. The number of aromatic nitrogens is 2. The second-order valence-corrected chi connectivity index (χ2v) is 5.83. The van der Waals surface area contributed by atoms with Gasteiger partial charge in [0, 0.05) is 6.54 Å². The number of rotatable bonds is 7. The number of nitrogens with zero attached hydrogens (tertiary/aromatic N) is 1. The molecule has 0 aliphatic heterocycles. The number of aromatic amines is 1. The van der Waals surface area contributed by atoms with E-state index in [4.69, 9.17) is 9.47 Å². The van der Waals surface area contributed by atoms with E-state index < -0.39 is 0 Å². The number of para-hydroxylation sites is 2. The first-order valence-electron chi connectivity index (χ1n) is 8.30. The lowest BCUT2D eigenvalue weighted by atomic mass is 10.1. The van der Waals surface area contributed by atoms with Crippen molar-refractivity contribution >= 4 is 5.91 Å². The van der Waals surface area contributed by atoms with Gasteiger partial charge in [-0.2, -0.15) is 5.10 Å². The van der Waals surface area contributed by atoms with Gasteiger partial charge in [0.25, 0.3) is 5.91 Å². The van der Waals surface area contributed by atoms with Gasteiger partial charge in [-0.3, -0.25) is 9.89 Å². The number of aryl methyl sites for hydroxylation is 1. The van der Waals surface area contributed by atoms with E-state index >= 15 is 0 Å². The summed E-state index contributed by atoms with van der Waals surface area (Å²) in [7, 11) is 1.59. The molecule has 0 aliphatic rings. The molecule has 0 atom stereocenters. The molecule has 0 unspecified atom stereocenters. The van der Waals surface area contributed by atoms with Crippen LogP contribution in [0.15, 0.2) is 54.6 Å². The lowest BCUT2D eigenvalue weighted by molar-refractivity contribution is 0.0946. The standard InChI is InChI=1S/C20H21N3O3/c1-14-7-3-4-8-15(14)12-21-20(24)17-11-16(22-23-17)13-26-19-10-6-5-9-18(19)25-2/h3-11H,12-13H2,1-2H3,(H,21,24)(H,22,23). The van der Waals surface area contributed by atoms with Crippen LogP contribution in [0.1, 0.15) is 27.3 Å². The van der Waals surface area contributed by atoms with Gasteiger partial charge in [-0.1, -0.05) is 36.4 Å². The van der Waals surface area contributed by atoms with Crippen molar-refractivity contribution in [1.29, 1.82) is 0 Å². The monoisotopic (exact) mass is 351 g/mol. The van der Waals surface area contributed by atoms with Crippen molar-refractivity contribution in [3.05, 3.63) is 77.1 Å². The molecule has 1 aromatic heterocycles. The third-order valence-corrected chi connectivity index (χ3v) is 4.02. The molecule has 0 fully saturated rings. The van der Waals surface area contributed by atoms with Crippen LogP contribution in [0, 0.1) is 6.92 Å². The highest BCUT2D eigenvalue weighted by Crippen LogP contribution is 2.26. The Bertz CT molecular complexity index is 889. The third kappa shape index (κ3) is 4.22. The third-order valence-electron chi connectivity index (χ3n) is 4.02. The number of amides is 1. The summed E-state index contributed by atoms with van der Waals surface area (Å²) < 4.78 is 11.0. The number of methoxy groups -OCH3 is 1. The minimum absolute atomic E-state index is 0.229. The van der Waals surface area contributed by atoms with Crippen molar-refractivity contribution in [3.8, 4) is 11.5 Å². The van der Waals surface area contributed by atoms with E-state index in [2.05, 4.69) is 15.5 Å². The van der Waals surface area contributed by atoms with Gasteiger partial charge in [0.1, 0.15) is 12.3 Å². The number of H-pyrrole nitrogens is 1. The number of hydrogen-bond acceptors (Lipinski definition) is 4. The molecule has 2 aromatic carbocycles. The van der Waals surface area contributed by atoms with E-state index in [1.807, 2.05) is 55.5 Å². The average molecular weight is 351 g/mol. The molecular formula is C20H21N3O3. The minimum atomic E-state index is -0.229. The summed E-state index contributed by atoms with van der Waals surface area (Å²) in [4.78, 5) is 12.3. The van der Waals surface area contributed by atoms with E-state index in [0.717, 1.165) is 11.1 Å². The van der Waals surface area contributed by atoms with E-state index in [9.17, 15) is 4.79 Å². The van der Waals surface area contributed by atoms with Gasteiger partial charge < -0.3 is 14.8 Å². The lowest BCUT2D eigenvalue weighted by Crippen LogP contribution is -2.23. The van der Waals surface area contributed by atoms with Gasteiger partial charge in [0.2, 0.25) is 0 Å². The summed E-state index contributed by atoms with van der Waals surface area (Å²) in [6.45, 7) is 2.74. The molecule has 1 heterocycles. The maximum Gasteiger partial charge on any atom is 0.272 e. The first kappa shape index (κ1) is 17.5. The van der Waals surface area contributed by atoms with Crippen LogP contribution in [0.25, 0.3) is 0 Å². The second-order valence-electron chi connectivity index (χ2n) is 5.83. The predicted octanol–water partition coefficient (Wildman–Crippen LogP) is 3.24. The first-order chi connectivity index (χ1) is 12.7.